The highest BCUT2D eigenvalue weighted by Gasteiger charge is 2.21. The molecule has 3 aromatic rings. The van der Waals surface area contributed by atoms with Crippen molar-refractivity contribution in [3.05, 3.63) is 101 Å². The number of sulfonamides is 1. The molecule has 10 nitrogen and oxygen atoms in total. The molecule has 0 unspecified atom stereocenters. The second-order valence-corrected chi connectivity index (χ2v) is 12.1. The molecule has 3 atom stereocenters. The Morgan fingerprint density at radius 3 is 2.05 bits per heavy atom. The molecule has 3 rings (SSSR count). The minimum atomic E-state index is -3.72. The van der Waals surface area contributed by atoms with Crippen molar-refractivity contribution in [1.29, 1.82) is 0 Å². The van der Waals surface area contributed by atoms with Crippen LogP contribution in [0, 0.1) is 5.82 Å². The molecule has 0 aliphatic rings. The monoisotopic (exact) mass is 611 g/mol. The van der Waals surface area contributed by atoms with Gasteiger partial charge in [0.15, 0.2) is 0 Å². The van der Waals surface area contributed by atoms with Crippen LogP contribution in [-0.2, 0) is 21.2 Å². The standard InChI is InChI=1S/C31H38FN5O5S/c1-5-33-29(38)21(3)34-19-28(15-22-9-7-6-8-10-22)36-31(40)25-16-24(17-27(18-25)37-43(4,41)42)30(39)35-20(2)23-11-13-26(32)14-12-23/h6-14,16-18,20-21,28,34,37H,5,15,19H2,1-4H3,(H,33,38)(H,35,39)(H,36,40)/t20-,21+,28+/m1/s1. The summed E-state index contributed by atoms with van der Waals surface area (Å²) < 4.78 is 39.7. The van der Waals surface area contributed by atoms with Gasteiger partial charge in [0, 0.05) is 30.3 Å². The first kappa shape index (κ1) is 33.2. The van der Waals surface area contributed by atoms with Gasteiger partial charge in [0.1, 0.15) is 5.82 Å². The van der Waals surface area contributed by atoms with Gasteiger partial charge in [-0.2, -0.15) is 0 Å². The highest BCUT2D eigenvalue weighted by Crippen LogP contribution is 2.19. The van der Waals surface area contributed by atoms with Crippen molar-refractivity contribution < 1.29 is 27.2 Å². The van der Waals surface area contributed by atoms with Gasteiger partial charge in [-0.25, -0.2) is 12.8 Å². The van der Waals surface area contributed by atoms with E-state index in [9.17, 15) is 27.2 Å². The minimum Gasteiger partial charge on any atom is -0.355 e. The predicted molar refractivity (Wildman–Crippen MR) is 165 cm³/mol. The number of nitrogens with one attached hydrogen (secondary N) is 5. The molecule has 0 fully saturated rings. The number of rotatable bonds is 14. The zero-order chi connectivity index (χ0) is 31.6. The molecular weight excluding hydrogens is 573 g/mol. The molecule has 0 aromatic heterocycles. The molecule has 0 aliphatic heterocycles. The van der Waals surface area contributed by atoms with Gasteiger partial charge in [-0.1, -0.05) is 42.5 Å². The van der Waals surface area contributed by atoms with Gasteiger partial charge in [0.2, 0.25) is 15.9 Å². The first-order valence-electron chi connectivity index (χ1n) is 13.9. The number of carbonyl (C=O) groups excluding carboxylic acids is 3. The van der Waals surface area contributed by atoms with Crippen molar-refractivity contribution >= 4 is 33.4 Å². The van der Waals surface area contributed by atoms with Crippen LogP contribution in [0.1, 0.15) is 58.7 Å². The number of hydrogen-bond acceptors (Lipinski definition) is 6. The van der Waals surface area contributed by atoms with Crippen LogP contribution in [0.15, 0.2) is 72.8 Å². The van der Waals surface area contributed by atoms with E-state index in [0.717, 1.165) is 11.8 Å². The van der Waals surface area contributed by atoms with Gasteiger partial charge in [-0.05, 0) is 68.7 Å². The van der Waals surface area contributed by atoms with Gasteiger partial charge < -0.3 is 21.3 Å². The summed E-state index contributed by atoms with van der Waals surface area (Å²) in [5.41, 5.74) is 1.77. The first-order valence-corrected chi connectivity index (χ1v) is 15.8. The average molecular weight is 612 g/mol. The van der Waals surface area contributed by atoms with E-state index < -0.39 is 45.8 Å². The van der Waals surface area contributed by atoms with E-state index in [-0.39, 0.29) is 29.3 Å². The number of amides is 3. The molecule has 0 saturated carbocycles. The zero-order valence-electron chi connectivity index (χ0n) is 24.6. The van der Waals surface area contributed by atoms with Crippen LogP contribution in [0.25, 0.3) is 0 Å². The lowest BCUT2D eigenvalue weighted by atomic mass is 10.0. The summed E-state index contributed by atoms with van der Waals surface area (Å²) in [6, 6.07) is 17.8. The van der Waals surface area contributed by atoms with E-state index in [1.807, 2.05) is 37.3 Å². The van der Waals surface area contributed by atoms with Gasteiger partial charge in [-0.3, -0.25) is 19.1 Å². The average Bonchev–Trinajstić information content (AvgIpc) is 2.95. The summed E-state index contributed by atoms with van der Waals surface area (Å²) in [5.74, 6) is -1.67. The third-order valence-corrected chi connectivity index (χ3v) is 7.16. The highest BCUT2D eigenvalue weighted by atomic mass is 32.2. The normalized spacial score (nSPS) is 13.3. The molecule has 0 heterocycles. The van der Waals surface area contributed by atoms with Gasteiger partial charge in [0.05, 0.1) is 24.0 Å². The van der Waals surface area contributed by atoms with E-state index in [4.69, 9.17) is 0 Å². The summed E-state index contributed by atoms with van der Waals surface area (Å²) in [7, 11) is -3.72. The third kappa shape index (κ3) is 10.8. The number of likely N-dealkylation sites (N-methyl/N-ethyl adjacent to an activating group) is 1. The lowest BCUT2D eigenvalue weighted by Gasteiger charge is -2.22. The molecular formula is C31H38FN5O5S. The Kier molecular flexibility index (Phi) is 11.8. The highest BCUT2D eigenvalue weighted by molar-refractivity contribution is 7.92. The van der Waals surface area contributed by atoms with Crippen LogP contribution < -0.4 is 26.0 Å². The van der Waals surface area contributed by atoms with Crippen molar-refractivity contribution in [3.63, 3.8) is 0 Å². The molecule has 0 bridgehead atoms. The molecule has 0 radical (unpaired) electrons. The van der Waals surface area contributed by atoms with Crippen LogP contribution in [0.2, 0.25) is 0 Å². The maximum atomic E-state index is 13.5. The zero-order valence-corrected chi connectivity index (χ0v) is 25.4. The number of halogens is 1. The molecule has 12 heteroatoms. The van der Waals surface area contributed by atoms with Crippen molar-refractivity contribution in [2.45, 2.75) is 45.3 Å². The van der Waals surface area contributed by atoms with E-state index in [1.54, 1.807) is 26.0 Å². The van der Waals surface area contributed by atoms with Crippen molar-refractivity contribution in [3.8, 4) is 0 Å². The summed E-state index contributed by atoms with van der Waals surface area (Å²) in [6.45, 7) is 6.03. The quantitative estimate of drug-likeness (QED) is 0.189. The molecule has 230 valence electrons. The number of carbonyl (C=O) groups is 3. The molecule has 0 saturated heterocycles. The lowest BCUT2D eigenvalue weighted by Crippen LogP contribution is -2.49. The topological polar surface area (TPSA) is 146 Å². The summed E-state index contributed by atoms with van der Waals surface area (Å²) in [6.07, 6.45) is 1.42. The van der Waals surface area contributed by atoms with Crippen LogP contribution in [0.5, 0.6) is 0 Å². The number of hydrogen-bond donors (Lipinski definition) is 5. The van der Waals surface area contributed by atoms with E-state index in [0.29, 0.717) is 18.5 Å². The Bertz CT molecular complexity index is 1520. The van der Waals surface area contributed by atoms with E-state index in [2.05, 4.69) is 26.0 Å². The molecule has 0 aliphatic carbocycles. The third-order valence-electron chi connectivity index (χ3n) is 6.55. The van der Waals surface area contributed by atoms with Crippen LogP contribution in [0.3, 0.4) is 0 Å². The smallest absolute Gasteiger partial charge is 0.251 e. The van der Waals surface area contributed by atoms with E-state index in [1.165, 1.54) is 30.3 Å². The fraction of sp³-hybridized carbons (Fsp3) is 0.323. The van der Waals surface area contributed by atoms with Crippen molar-refractivity contribution in [2.75, 3.05) is 24.1 Å². The van der Waals surface area contributed by atoms with Crippen LogP contribution in [0.4, 0.5) is 10.1 Å². The summed E-state index contributed by atoms with van der Waals surface area (Å²) in [5, 5.41) is 11.7. The molecule has 43 heavy (non-hydrogen) atoms. The molecule has 3 amide bonds. The number of benzene rings is 3. The van der Waals surface area contributed by atoms with Crippen LogP contribution in [-0.4, -0.2) is 57.6 Å². The SMILES string of the molecule is CCNC(=O)[C@H](C)NC[C@H](Cc1ccccc1)NC(=O)c1cc(NS(C)(=O)=O)cc(C(=O)N[C@H](C)c2ccc(F)cc2)c1. The van der Waals surface area contributed by atoms with Crippen molar-refractivity contribution in [2.24, 2.45) is 0 Å². The van der Waals surface area contributed by atoms with Gasteiger partial charge >= 0.3 is 0 Å². The van der Waals surface area contributed by atoms with Gasteiger partial charge in [-0.15, -0.1) is 0 Å². The maximum absolute atomic E-state index is 13.5. The first-order chi connectivity index (χ1) is 20.3. The van der Waals surface area contributed by atoms with E-state index >= 15 is 0 Å². The maximum Gasteiger partial charge on any atom is 0.251 e. The second-order valence-electron chi connectivity index (χ2n) is 10.3. The Labute approximate surface area is 251 Å². The summed E-state index contributed by atoms with van der Waals surface area (Å²) >= 11 is 0. The number of anilines is 1. The fourth-order valence-corrected chi connectivity index (χ4v) is 4.90. The Morgan fingerprint density at radius 1 is 0.860 bits per heavy atom. The largest absolute Gasteiger partial charge is 0.355 e. The Hall–Kier alpha value is -4.29. The summed E-state index contributed by atoms with van der Waals surface area (Å²) in [4.78, 5) is 39.0. The van der Waals surface area contributed by atoms with Gasteiger partial charge in [0.25, 0.3) is 11.8 Å². The Balaban J connectivity index is 1.86. The molecule has 3 aromatic carbocycles. The fourth-order valence-electron chi connectivity index (χ4n) is 4.36. The molecule has 5 N–H and O–H groups in total. The molecule has 0 spiro atoms. The second kappa shape index (κ2) is 15.3. The predicted octanol–water partition coefficient (Wildman–Crippen LogP) is 3.14. The Morgan fingerprint density at radius 2 is 1.47 bits per heavy atom. The lowest BCUT2D eigenvalue weighted by molar-refractivity contribution is -0.122. The van der Waals surface area contributed by atoms with Crippen molar-refractivity contribution in [1.82, 2.24) is 21.3 Å². The minimum absolute atomic E-state index is 0.0392. The van der Waals surface area contributed by atoms with Crippen LogP contribution >= 0.6 is 0 Å².